The van der Waals surface area contributed by atoms with Crippen molar-refractivity contribution in [1.29, 1.82) is 0 Å². The number of benzene rings is 1. The Morgan fingerprint density at radius 3 is 2.45 bits per heavy atom. The van der Waals surface area contributed by atoms with Crippen LogP contribution in [0.1, 0.15) is 31.1 Å². The average molecular weight is 346 g/mol. The first-order chi connectivity index (χ1) is 9.23. The summed E-state index contributed by atoms with van der Waals surface area (Å²) >= 11 is 3.24. The Bertz CT molecular complexity index is 510. The number of rotatable bonds is 3. The van der Waals surface area contributed by atoms with E-state index in [1.807, 2.05) is 0 Å². The van der Waals surface area contributed by atoms with Gasteiger partial charge in [0.1, 0.15) is 11.2 Å². The highest BCUT2D eigenvalue weighted by Crippen LogP contribution is 2.23. The number of methoxy groups -OCH3 is 1. The third kappa shape index (κ3) is 5.08. The van der Waals surface area contributed by atoms with Gasteiger partial charge in [-0.3, -0.25) is 0 Å². The van der Waals surface area contributed by atoms with Crippen molar-refractivity contribution in [2.45, 2.75) is 26.4 Å². The van der Waals surface area contributed by atoms with Crippen molar-refractivity contribution >= 4 is 28.0 Å². The van der Waals surface area contributed by atoms with Crippen LogP contribution >= 0.6 is 15.9 Å². The van der Waals surface area contributed by atoms with Crippen LogP contribution < -0.4 is 10.3 Å². The fourth-order valence-electron chi connectivity index (χ4n) is 1.26. The highest BCUT2D eigenvalue weighted by molar-refractivity contribution is 9.10. The maximum atomic E-state index is 11.6. The molecule has 0 spiro atoms. The van der Waals surface area contributed by atoms with Gasteiger partial charge in [0.25, 0.3) is 0 Å². The molecule has 0 unspecified atom stereocenters. The first-order valence-electron chi connectivity index (χ1n) is 5.76. The van der Waals surface area contributed by atoms with Gasteiger partial charge in [-0.1, -0.05) is 15.9 Å². The minimum atomic E-state index is -0.753. The Balaban J connectivity index is 2.78. The van der Waals surface area contributed by atoms with Crippen LogP contribution in [0.25, 0.3) is 0 Å². The van der Waals surface area contributed by atoms with Crippen LogP contribution in [0.15, 0.2) is 22.7 Å². The monoisotopic (exact) mass is 345 g/mol. The van der Waals surface area contributed by atoms with E-state index in [1.165, 1.54) is 19.2 Å². The van der Waals surface area contributed by atoms with Crippen molar-refractivity contribution in [2.24, 2.45) is 0 Å². The van der Waals surface area contributed by atoms with E-state index in [0.717, 1.165) is 0 Å². The average Bonchev–Trinajstić information content (AvgIpc) is 2.34. The molecule has 0 radical (unpaired) electrons. The normalized spacial score (nSPS) is 10.7. The van der Waals surface area contributed by atoms with E-state index >= 15 is 0 Å². The van der Waals surface area contributed by atoms with Crippen molar-refractivity contribution in [1.82, 2.24) is 5.48 Å². The lowest BCUT2D eigenvalue weighted by molar-refractivity contribution is 0.0279. The van der Waals surface area contributed by atoms with E-state index in [4.69, 9.17) is 9.57 Å². The molecule has 1 aromatic carbocycles. The number of carbonyl (C=O) groups excluding carboxylic acids is 2. The summed E-state index contributed by atoms with van der Waals surface area (Å²) in [6.07, 6.45) is -0.753. The summed E-state index contributed by atoms with van der Waals surface area (Å²) in [5, 5.41) is 0. The second-order valence-electron chi connectivity index (χ2n) is 4.84. The number of hydroxylamine groups is 1. The van der Waals surface area contributed by atoms with Crippen LogP contribution in [0, 0.1) is 0 Å². The number of hydrogen-bond donors (Lipinski definition) is 1. The molecule has 0 saturated carbocycles. The van der Waals surface area contributed by atoms with Crippen LogP contribution in [0.2, 0.25) is 0 Å². The van der Waals surface area contributed by atoms with Gasteiger partial charge >= 0.3 is 12.1 Å². The molecule has 1 rings (SSSR count). The second kappa shape index (κ2) is 6.60. The van der Waals surface area contributed by atoms with E-state index in [9.17, 15) is 9.59 Å². The molecule has 20 heavy (non-hydrogen) atoms. The maximum Gasteiger partial charge on any atom is 0.441 e. The SMILES string of the molecule is COC(=O)c1cc(Br)ccc1ONC(=O)OC(C)(C)C. The largest absolute Gasteiger partial charge is 0.465 e. The van der Waals surface area contributed by atoms with E-state index in [1.54, 1.807) is 26.8 Å². The molecule has 0 bridgehead atoms. The minimum absolute atomic E-state index is 0.158. The number of nitrogens with one attached hydrogen (secondary N) is 1. The molecule has 0 atom stereocenters. The zero-order valence-corrected chi connectivity index (χ0v) is 13.2. The summed E-state index contributed by atoms with van der Waals surface area (Å²) in [5.74, 6) is -0.418. The van der Waals surface area contributed by atoms with Gasteiger partial charge in [0, 0.05) is 4.47 Å². The molecule has 1 aromatic rings. The maximum absolute atomic E-state index is 11.6. The van der Waals surface area contributed by atoms with Crippen LogP contribution in [0.4, 0.5) is 4.79 Å². The number of carbonyl (C=O) groups is 2. The van der Waals surface area contributed by atoms with Crippen LogP contribution in [-0.2, 0) is 9.47 Å². The molecule has 0 aliphatic carbocycles. The number of esters is 1. The summed E-state index contributed by atoms with van der Waals surface area (Å²) in [6, 6.07) is 4.71. The predicted octanol–water partition coefficient (Wildman–Crippen LogP) is 3.05. The van der Waals surface area contributed by atoms with Gasteiger partial charge in [-0.05, 0) is 39.0 Å². The molecule has 7 heteroatoms. The van der Waals surface area contributed by atoms with Gasteiger partial charge in [0.2, 0.25) is 0 Å². The van der Waals surface area contributed by atoms with Gasteiger partial charge in [0.15, 0.2) is 5.75 Å². The van der Waals surface area contributed by atoms with Crippen LogP contribution in [0.5, 0.6) is 5.75 Å². The lowest BCUT2D eigenvalue weighted by atomic mass is 10.2. The van der Waals surface area contributed by atoms with Crippen molar-refractivity contribution in [2.75, 3.05) is 7.11 Å². The highest BCUT2D eigenvalue weighted by Gasteiger charge is 2.18. The summed E-state index contributed by atoms with van der Waals surface area (Å²) in [6.45, 7) is 5.18. The Labute approximate surface area is 125 Å². The molecule has 0 saturated heterocycles. The quantitative estimate of drug-likeness (QED) is 0.673. The number of amides is 1. The smallest absolute Gasteiger partial charge is 0.441 e. The van der Waals surface area contributed by atoms with Crippen molar-refractivity contribution in [3.63, 3.8) is 0 Å². The van der Waals surface area contributed by atoms with Crippen molar-refractivity contribution in [3.05, 3.63) is 28.2 Å². The summed E-state index contributed by atoms with van der Waals surface area (Å²) in [5.41, 5.74) is 1.65. The van der Waals surface area contributed by atoms with Crippen molar-refractivity contribution in [3.8, 4) is 5.75 Å². The lowest BCUT2D eigenvalue weighted by Crippen LogP contribution is -2.34. The molecular formula is C13H16BrNO5. The van der Waals surface area contributed by atoms with E-state index in [-0.39, 0.29) is 11.3 Å². The third-order valence-electron chi connectivity index (χ3n) is 1.99. The van der Waals surface area contributed by atoms with Crippen molar-refractivity contribution < 1.29 is 23.9 Å². The van der Waals surface area contributed by atoms with Crippen LogP contribution in [-0.4, -0.2) is 24.8 Å². The number of halogens is 1. The minimum Gasteiger partial charge on any atom is -0.465 e. The molecular weight excluding hydrogens is 330 g/mol. The molecule has 110 valence electrons. The lowest BCUT2D eigenvalue weighted by Gasteiger charge is -2.19. The first-order valence-corrected chi connectivity index (χ1v) is 6.56. The van der Waals surface area contributed by atoms with Gasteiger partial charge in [0.05, 0.1) is 7.11 Å². The van der Waals surface area contributed by atoms with Crippen LogP contribution in [0.3, 0.4) is 0 Å². The summed E-state index contributed by atoms with van der Waals surface area (Å²) in [4.78, 5) is 28.1. The van der Waals surface area contributed by atoms with E-state index < -0.39 is 17.7 Å². The Kier molecular flexibility index (Phi) is 5.38. The molecule has 1 N–H and O–H groups in total. The molecule has 0 heterocycles. The third-order valence-corrected chi connectivity index (χ3v) is 2.48. The molecule has 0 aliphatic rings. The Morgan fingerprint density at radius 1 is 1.25 bits per heavy atom. The van der Waals surface area contributed by atoms with Gasteiger partial charge in [-0.2, -0.15) is 5.48 Å². The standard InChI is InChI=1S/C13H16BrNO5/c1-13(2,3)19-12(17)15-20-10-6-5-8(14)7-9(10)11(16)18-4/h5-7H,1-4H3,(H,15,17). The van der Waals surface area contributed by atoms with Gasteiger partial charge in [-0.15, -0.1) is 0 Å². The number of ether oxygens (including phenoxy) is 2. The summed E-state index contributed by atoms with van der Waals surface area (Å²) < 4.78 is 10.3. The second-order valence-corrected chi connectivity index (χ2v) is 5.75. The molecule has 0 fully saturated rings. The Morgan fingerprint density at radius 2 is 1.90 bits per heavy atom. The fraction of sp³-hybridized carbons (Fsp3) is 0.385. The Hall–Kier alpha value is -1.76. The zero-order valence-electron chi connectivity index (χ0n) is 11.7. The molecule has 6 nitrogen and oxygen atoms in total. The predicted molar refractivity (Wildman–Crippen MR) is 75.5 cm³/mol. The van der Waals surface area contributed by atoms with Gasteiger partial charge in [-0.25, -0.2) is 9.59 Å². The zero-order chi connectivity index (χ0) is 15.3. The summed E-state index contributed by atoms with van der Waals surface area (Å²) in [7, 11) is 1.26. The topological polar surface area (TPSA) is 73.9 Å². The highest BCUT2D eigenvalue weighted by atomic mass is 79.9. The van der Waals surface area contributed by atoms with E-state index in [0.29, 0.717) is 4.47 Å². The number of hydrogen-bond acceptors (Lipinski definition) is 5. The van der Waals surface area contributed by atoms with E-state index in [2.05, 4.69) is 26.1 Å². The fourth-order valence-corrected chi connectivity index (χ4v) is 1.62. The molecule has 1 amide bonds. The molecule has 0 aliphatic heterocycles. The first kappa shape index (κ1) is 16.3. The molecule has 0 aromatic heterocycles. The van der Waals surface area contributed by atoms with Gasteiger partial charge < -0.3 is 14.3 Å².